The molecule has 0 bridgehead atoms. The molecule has 0 fully saturated rings. The van der Waals surface area contributed by atoms with E-state index >= 15 is 0 Å². The van der Waals surface area contributed by atoms with Crippen LogP contribution in [0.3, 0.4) is 0 Å². The van der Waals surface area contributed by atoms with Crippen LogP contribution in [0.1, 0.15) is 0 Å². The zero-order chi connectivity index (χ0) is 7.40. The molecule has 0 saturated carbocycles. The summed E-state index contributed by atoms with van der Waals surface area (Å²) in [7, 11) is 2.82. The van der Waals surface area contributed by atoms with E-state index in [1.165, 1.54) is 21.6 Å². The first-order chi connectivity index (χ1) is 4.86. The van der Waals surface area contributed by atoms with E-state index < -0.39 is 0 Å². The first-order valence-corrected chi connectivity index (χ1v) is 4.78. The van der Waals surface area contributed by atoms with Crippen molar-refractivity contribution in [1.29, 1.82) is 5.26 Å². The van der Waals surface area contributed by atoms with Crippen molar-refractivity contribution in [3.63, 3.8) is 0 Å². The molecule has 1 aliphatic rings. The molecule has 0 aromatic heterocycles. The molecule has 1 N–H and O–H groups in total. The Morgan fingerprint density at radius 1 is 1.50 bits per heavy atom. The van der Waals surface area contributed by atoms with E-state index in [1.54, 1.807) is 12.2 Å². The van der Waals surface area contributed by atoms with Crippen LogP contribution in [0.4, 0.5) is 0 Å². The van der Waals surface area contributed by atoms with Crippen molar-refractivity contribution in [1.82, 2.24) is 0 Å². The quantitative estimate of drug-likeness (QED) is 0.609. The lowest BCUT2D eigenvalue weighted by molar-refractivity contribution is 0.339. The normalized spacial score (nSPS) is 17.2. The van der Waals surface area contributed by atoms with Crippen LogP contribution in [0.15, 0.2) is 22.0 Å². The molecule has 4 heteroatoms. The third-order valence-electron chi connectivity index (χ3n) is 0.925. The van der Waals surface area contributed by atoms with E-state index in [2.05, 4.69) is 0 Å². The van der Waals surface area contributed by atoms with Crippen LogP contribution in [-0.2, 0) is 0 Å². The van der Waals surface area contributed by atoms with Crippen molar-refractivity contribution in [2.45, 2.75) is 0 Å². The lowest BCUT2D eigenvalue weighted by atomic mass is 10.4. The summed E-state index contributed by atoms with van der Waals surface area (Å²) >= 11 is 0. The summed E-state index contributed by atoms with van der Waals surface area (Å²) in [6.07, 6.45) is 3.48. The van der Waals surface area contributed by atoms with Crippen LogP contribution in [0.2, 0.25) is 0 Å². The zero-order valence-corrected chi connectivity index (χ0v) is 6.71. The Bertz CT molecular complexity index is 226. The van der Waals surface area contributed by atoms with E-state index in [0.29, 0.717) is 4.91 Å². The van der Waals surface area contributed by atoms with Gasteiger partial charge in [-0.2, -0.15) is 5.26 Å². The largest absolute Gasteiger partial charge is 0.391 e. The number of aliphatic hydroxyl groups excluding tert-OH is 1. The molecule has 2 nitrogen and oxygen atoms in total. The van der Waals surface area contributed by atoms with Crippen molar-refractivity contribution in [3.05, 3.63) is 22.0 Å². The SMILES string of the molecule is N#CC1=CC=C(CO)SS1. The number of hydrogen-bond acceptors (Lipinski definition) is 4. The summed E-state index contributed by atoms with van der Waals surface area (Å²) in [6, 6.07) is 2.03. The maximum Gasteiger partial charge on any atom is 0.107 e. The van der Waals surface area contributed by atoms with E-state index in [4.69, 9.17) is 10.4 Å². The van der Waals surface area contributed by atoms with E-state index in [-0.39, 0.29) is 6.61 Å². The smallest absolute Gasteiger partial charge is 0.107 e. The number of hydrogen-bond donors (Lipinski definition) is 1. The number of rotatable bonds is 1. The molecule has 0 radical (unpaired) electrons. The predicted molar refractivity (Wildman–Crippen MR) is 44.0 cm³/mol. The van der Waals surface area contributed by atoms with E-state index in [9.17, 15) is 0 Å². The molecule has 0 aromatic carbocycles. The molecule has 0 saturated heterocycles. The van der Waals surface area contributed by atoms with Crippen molar-refractivity contribution < 1.29 is 5.11 Å². The molecule has 52 valence electrons. The standard InChI is InChI=1S/C6H5NOS2/c7-3-5-1-2-6(4-8)10-9-5/h1-2,8H,4H2. The highest BCUT2D eigenvalue weighted by atomic mass is 33.1. The maximum atomic E-state index is 8.64. The van der Waals surface area contributed by atoms with Gasteiger partial charge in [0.1, 0.15) is 6.07 Å². The van der Waals surface area contributed by atoms with Crippen LogP contribution < -0.4 is 0 Å². The minimum atomic E-state index is 0.0624. The molecule has 0 aliphatic carbocycles. The molecule has 0 aromatic rings. The predicted octanol–water partition coefficient (Wildman–Crippen LogP) is 1.67. The van der Waals surface area contributed by atoms with Crippen molar-refractivity contribution in [3.8, 4) is 6.07 Å². The molecular weight excluding hydrogens is 166 g/mol. The fraction of sp³-hybridized carbons (Fsp3) is 0.167. The first-order valence-electron chi connectivity index (χ1n) is 2.63. The van der Waals surface area contributed by atoms with Gasteiger partial charge < -0.3 is 5.11 Å². The van der Waals surface area contributed by atoms with Gasteiger partial charge in [-0.05, 0) is 22.9 Å². The summed E-state index contributed by atoms with van der Waals surface area (Å²) in [5, 5.41) is 17.0. The Morgan fingerprint density at radius 3 is 2.70 bits per heavy atom. The Kier molecular flexibility index (Phi) is 2.87. The Labute approximate surface area is 67.0 Å². The molecule has 10 heavy (non-hydrogen) atoms. The van der Waals surface area contributed by atoms with Crippen molar-refractivity contribution in [2.24, 2.45) is 0 Å². The average Bonchev–Trinajstić information content (AvgIpc) is 2.05. The lowest BCUT2D eigenvalue weighted by Gasteiger charge is -2.04. The molecule has 0 spiro atoms. The molecule has 1 heterocycles. The van der Waals surface area contributed by atoms with Gasteiger partial charge in [0, 0.05) is 4.91 Å². The molecule has 0 amide bonds. The molecular formula is C6H5NOS2. The zero-order valence-electron chi connectivity index (χ0n) is 5.07. The number of nitriles is 1. The molecule has 0 unspecified atom stereocenters. The Hall–Kier alpha value is -0.370. The third kappa shape index (κ3) is 1.81. The lowest BCUT2D eigenvalue weighted by Crippen LogP contribution is -1.85. The summed E-state index contributed by atoms with van der Waals surface area (Å²) in [6.45, 7) is 0.0624. The average molecular weight is 171 g/mol. The fourth-order valence-electron chi connectivity index (χ4n) is 0.458. The summed E-state index contributed by atoms with van der Waals surface area (Å²) < 4.78 is 0. The van der Waals surface area contributed by atoms with Crippen molar-refractivity contribution >= 4 is 21.6 Å². The second-order valence-corrected chi connectivity index (χ2v) is 3.90. The molecule has 1 rings (SSSR count). The summed E-state index contributed by atoms with van der Waals surface area (Å²) in [4.78, 5) is 1.58. The van der Waals surface area contributed by atoms with Gasteiger partial charge in [-0.3, -0.25) is 0 Å². The Morgan fingerprint density at radius 2 is 2.30 bits per heavy atom. The second-order valence-electron chi connectivity index (χ2n) is 1.60. The van der Waals surface area contributed by atoms with Crippen LogP contribution in [0.25, 0.3) is 0 Å². The number of nitrogens with zero attached hydrogens (tertiary/aromatic N) is 1. The van der Waals surface area contributed by atoms with E-state index in [0.717, 1.165) is 4.91 Å². The van der Waals surface area contributed by atoms with Crippen molar-refractivity contribution in [2.75, 3.05) is 6.61 Å². The van der Waals surface area contributed by atoms with Gasteiger partial charge in [-0.15, -0.1) is 0 Å². The van der Waals surface area contributed by atoms with Gasteiger partial charge in [-0.25, -0.2) is 0 Å². The third-order valence-corrected chi connectivity index (χ3v) is 3.33. The highest BCUT2D eigenvalue weighted by Gasteiger charge is 2.05. The van der Waals surface area contributed by atoms with Gasteiger partial charge in [0.15, 0.2) is 0 Å². The van der Waals surface area contributed by atoms with Crippen LogP contribution in [-0.4, -0.2) is 11.7 Å². The van der Waals surface area contributed by atoms with E-state index in [1.807, 2.05) is 6.07 Å². The monoisotopic (exact) mass is 171 g/mol. The highest BCUT2D eigenvalue weighted by Crippen LogP contribution is 2.38. The number of allylic oxidation sites excluding steroid dienone is 3. The highest BCUT2D eigenvalue weighted by molar-refractivity contribution is 8.79. The molecule has 1 aliphatic heterocycles. The summed E-state index contributed by atoms with van der Waals surface area (Å²) in [5.74, 6) is 0. The second kappa shape index (κ2) is 3.71. The van der Waals surface area contributed by atoms with Gasteiger partial charge in [0.05, 0.1) is 11.5 Å². The summed E-state index contributed by atoms with van der Waals surface area (Å²) in [5.41, 5.74) is 0. The van der Waals surface area contributed by atoms with Gasteiger partial charge in [0.2, 0.25) is 0 Å². The van der Waals surface area contributed by atoms with Crippen LogP contribution in [0.5, 0.6) is 0 Å². The van der Waals surface area contributed by atoms with Crippen LogP contribution >= 0.6 is 21.6 Å². The number of aliphatic hydroxyl groups is 1. The minimum Gasteiger partial charge on any atom is -0.391 e. The minimum absolute atomic E-state index is 0.0624. The fourth-order valence-corrected chi connectivity index (χ4v) is 2.19. The Balaban J connectivity index is 2.67. The molecule has 0 atom stereocenters. The first kappa shape index (κ1) is 7.73. The van der Waals surface area contributed by atoms with Gasteiger partial charge in [0.25, 0.3) is 0 Å². The maximum absolute atomic E-state index is 8.64. The van der Waals surface area contributed by atoms with Crippen LogP contribution in [0, 0.1) is 11.3 Å². The van der Waals surface area contributed by atoms with Gasteiger partial charge >= 0.3 is 0 Å². The topological polar surface area (TPSA) is 44.0 Å². The van der Waals surface area contributed by atoms with Gasteiger partial charge in [-0.1, -0.05) is 10.8 Å².